The summed E-state index contributed by atoms with van der Waals surface area (Å²) in [5.41, 5.74) is 0. The lowest BCUT2D eigenvalue weighted by atomic mass is 9.90. The Morgan fingerprint density at radius 2 is 1.78 bits per heavy atom. The van der Waals surface area contributed by atoms with Gasteiger partial charge in [0.05, 0.1) is 6.07 Å². The SMILES string of the molecule is N#CC1(Cl)CCCCC1. The number of nitrogens with zero attached hydrogens (tertiary/aromatic N) is 1. The van der Waals surface area contributed by atoms with Crippen LogP contribution in [0.1, 0.15) is 32.1 Å². The van der Waals surface area contributed by atoms with Gasteiger partial charge in [-0.25, -0.2) is 0 Å². The Balaban J connectivity index is 2.49. The Labute approximate surface area is 60.6 Å². The quantitative estimate of drug-likeness (QED) is 0.478. The molecule has 1 aliphatic rings. The topological polar surface area (TPSA) is 23.8 Å². The Bertz CT molecular complexity index is 130. The van der Waals surface area contributed by atoms with Crippen molar-refractivity contribution in [2.24, 2.45) is 0 Å². The third-order valence-electron chi connectivity index (χ3n) is 1.85. The number of rotatable bonds is 0. The smallest absolute Gasteiger partial charge is 0.131 e. The summed E-state index contributed by atoms with van der Waals surface area (Å²) >= 11 is 5.90. The van der Waals surface area contributed by atoms with E-state index in [9.17, 15) is 0 Å². The summed E-state index contributed by atoms with van der Waals surface area (Å²) in [7, 11) is 0. The van der Waals surface area contributed by atoms with Crippen LogP contribution in [0.3, 0.4) is 0 Å². The predicted octanol–water partition coefficient (Wildman–Crippen LogP) is 2.45. The van der Waals surface area contributed by atoms with Gasteiger partial charge in [-0.05, 0) is 12.8 Å². The molecule has 0 N–H and O–H groups in total. The summed E-state index contributed by atoms with van der Waals surface area (Å²) in [5.74, 6) is 0. The largest absolute Gasteiger partial charge is 0.196 e. The fourth-order valence-corrected chi connectivity index (χ4v) is 1.49. The molecule has 0 aromatic carbocycles. The van der Waals surface area contributed by atoms with Crippen LogP contribution in [-0.4, -0.2) is 4.87 Å². The first kappa shape index (κ1) is 6.89. The maximum atomic E-state index is 8.57. The summed E-state index contributed by atoms with van der Waals surface area (Å²) in [6.07, 6.45) is 5.25. The van der Waals surface area contributed by atoms with Crippen molar-refractivity contribution >= 4 is 11.6 Å². The zero-order valence-electron chi connectivity index (χ0n) is 5.36. The molecular formula is C7H10ClN. The number of alkyl halides is 1. The predicted molar refractivity (Wildman–Crippen MR) is 37.3 cm³/mol. The van der Waals surface area contributed by atoms with Gasteiger partial charge in [-0.2, -0.15) is 5.26 Å². The summed E-state index contributed by atoms with van der Waals surface area (Å²) in [6.45, 7) is 0. The molecule has 0 unspecified atom stereocenters. The van der Waals surface area contributed by atoms with Crippen LogP contribution in [0.5, 0.6) is 0 Å². The maximum Gasteiger partial charge on any atom is 0.131 e. The first-order valence-corrected chi connectivity index (χ1v) is 3.75. The van der Waals surface area contributed by atoms with Crippen molar-refractivity contribution in [2.45, 2.75) is 37.0 Å². The maximum absolute atomic E-state index is 8.57. The lowest BCUT2D eigenvalue weighted by Crippen LogP contribution is -2.21. The van der Waals surface area contributed by atoms with E-state index in [1.807, 2.05) is 0 Å². The Kier molecular flexibility index (Phi) is 1.97. The molecule has 1 fully saturated rings. The van der Waals surface area contributed by atoms with Gasteiger partial charge in [0.2, 0.25) is 0 Å². The summed E-state index contributed by atoms with van der Waals surface area (Å²) in [5, 5.41) is 8.57. The molecule has 0 atom stereocenters. The standard InChI is InChI=1S/C7H10ClN/c8-7(6-9)4-2-1-3-5-7/h1-5H2. The van der Waals surface area contributed by atoms with Gasteiger partial charge in [0, 0.05) is 0 Å². The van der Waals surface area contributed by atoms with Crippen LogP contribution >= 0.6 is 11.6 Å². The van der Waals surface area contributed by atoms with Gasteiger partial charge < -0.3 is 0 Å². The molecule has 0 spiro atoms. The Morgan fingerprint density at radius 1 is 1.22 bits per heavy atom. The molecule has 9 heavy (non-hydrogen) atoms. The zero-order chi connectivity index (χ0) is 6.74. The highest BCUT2D eigenvalue weighted by Gasteiger charge is 2.28. The van der Waals surface area contributed by atoms with Crippen molar-refractivity contribution < 1.29 is 0 Å². The third-order valence-corrected chi connectivity index (χ3v) is 2.31. The highest BCUT2D eigenvalue weighted by Crippen LogP contribution is 2.32. The molecule has 0 aliphatic heterocycles. The normalized spacial score (nSPS) is 24.9. The van der Waals surface area contributed by atoms with E-state index in [0.29, 0.717) is 0 Å². The Morgan fingerprint density at radius 3 is 2.11 bits per heavy atom. The van der Waals surface area contributed by atoms with Crippen molar-refractivity contribution in [3.63, 3.8) is 0 Å². The highest BCUT2D eigenvalue weighted by molar-refractivity contribution is 6.25. The molecule has 0 saturated heterocycles. The average Bonchev–Trinajstić information content (AvgIpc) is 1.90. The van der Waals surface area contributed by atoms with Crippen LogP contribution in [0, 0.1) is 11.3 Å². The minimum Gasteiger partial charge on any atom is -0.196 e. The molecule has 2 heteroatoms. The van der Waals surface area contributed by atoms with Crippen LogP contribution in [0.4, 0.5) is 0 Å². The molecule has 1 nitrogen and oxygen atoms in total. The Hall–Kier alpha value is -0.220. The monoisotopic (exact) mass is 143 g/mol. The molecular weight excluding hydrogens is 134 g/mol. The lowest BCUT2D eigenvalue weighted by molar-refractivity contribution is 0.452. The first-order valence-electron chi connectivity index (χ1n) is 3.37. The van der Waals surface area contributed by atoms with E-state index < -0.39 is 4.87 Å². The number of hydrogen-bond acceptors (Lipinski definition) is 1. The van der Waals surface area contributed by atoms with E-state index in [0.717, 1.165) is 25.7 Å². The molecule has 1 saturated carbocycles. The van der Waals surface area contributed by atoms with Gasteiger partial charge in [-0.3, -0.25) is 0 Å². The van der Waals surface area contributed by atoms with Gasteiger partial charge in [0.25, 0.3) is 0 Å². The molecule has 0 bridgehead atoms. The van der Waals surface area contributed by atoms with Gasteiger partial charge >= 0.3 is 0 Å². The van der Waals surface area contributed by atoms with E-state index >= 15 is 0 Å². The van der Waals surface area contributed by atoms with Gasteiger partial charge in [0.1, 0.15) is 4.87 Å². The molecule has 0 heterocycles. The molecule has 0 radical (unpaired) electrons. The van der Waals surface area contributed by atoms with Gasteiger partial charge in [-0.15, -0.1) is 11.6 Å². The van der Waals surface area contributed by atoms with Crippen LogP contribution < -0.4 is 0 Å². The van der Waals surface area contributed by atoms with E-state index in [-0.39, 0.29) is 0 Å². The average molecular weight is 144 g/mol. The molecule has 50 valence electrons. The fraction of sp³-hybridized carbons (Fsp3) is 0.857. The molecule has 0 aromatic heterocycles. The van der Waals surface area contributed by atoms with Crippen LogP contribution in [0.25, 0.3) is 0 Å². The lowest BCUT2D eigenvalue weighted by Gasteiger charge is -2.22. The first-order chi connectivity index (χ1) is 4.27. The molecule has 0 aromatic rings. The summed E-state index contributed by atoms with van der Waals surface area (Å²) in [4.78, 5) is -0.502. The zero-order valence-corrected chi connectivity index (χ0v) is 6.12. The second kappa shape index (κ2) is 2.58. The van der Waals surface area contributed by atoms with E-state index in [4.69, 9.17) is 16.9 Å². The van der Waals surface area contributed by atoms with Crippen molar-refractivity contribution in [2.75, 3.05) is 0 Å². The van der Waals surface area contributed by atoms with Crippen molar-refractivity contribution in [1.82, 2.24) is 0 Å². The highest BCUT2D eigenvalue weighted by atomic mass is 35.5. The number of nitriles is 1. The van der Waals surface area contributed by atoms with Crippen LogP contribution in [0.15, 0.2) is 0 Å². The molecule has 1 rings (SSSR count). The second-order valence-electron chi connectivity index (χ2n) is 2.64. The van der Waals surface area contributed by atoms with Gasteiger partial charge in [-0.1, -0.05) is 19.3 Å². The number of hydrogen-bond donors (Lipinski definition) is 0. The van der Waals surface area contributed by atoms with E-state index in [2.05, 4.69) is 6.07 Å². The van der Waals surface area contributed by atoms with Gasteiger partial charge in [0.15, 0.2) is 0 Å². The summed E-state index contributed by atoms with van der Waals surface area (Å²) < 4.78 is 0. The number of halogens is 1. The van der Waals surface area contributed by atoms with Crippen molar-refractivity contribution in [3.8, 4) is 6.07 Å². The van der Waals surface area contributed by atoms with E-state index in [1.165, 1.54) is 6.42 Å². The van der Waals surface area contributed by atoms with Crippen LogP contribution in [-0.2, 0) is 0 Å². The molecule has 0 amide bonds. The fourth-order valence-electron chi connectivity index (χ4n) is 1.22. The van der Waals surface area contributed by atoms with Crippen LogP contribution in [0.2, 0.25) is 0 Å². The van der Waals surface area contributed by atoms with E-state index in [1.54, 1.807) is 0 Å². The molecule has 1 aliphatic carbocycles. The summed E-state index contributed by atoms with van der Waals surface area (Å²) in [6, 6.07) is 2.15. The third kappa shape index (κ3) is 1.59. The van der Waals surface area contributed by atoms with Crippen molar-refractivity contribution in [3.05, 3.63) is 0 Å². The van der Waals surface area contributed by atoms with Crippen molar-refractivity contribution in [1.29, 1.82) is 5.26 Å². The minimum atomic E-state index is -0.502. The minimum absolute atomic E-state index is 0.502. The second-order valence-corrected chi connectivity index (χ2v) is 3.36.